The number of aryl methyl sites for hydroxylation is 1. The zero-order chi connectivity index (χ0) is 25.5. The molecule has 6 rings (SSSR count). The first-order chi connectivity index (χ1) is 18.0. The highest BCUT2D eigenvalue weighted by atomic mass is 35.5. The standard InChI is InChI=1S/C29H23ClFN5O/c1-19-23-18-35(29(37)32-25-11-6-5-10-24(25)30)27(20-13-15-21(31)16-14-20)26-12-7-17-34(26)28(23)36(33-19)22-8-3-2-4-9-22/h2-17,27H,18H2,1H3,(H,32,37)/t27-/m1/s1. The Labute approximate surface area is 218 Å². The summed E-state index contributed by atoms with van der Waals surface area (Å²) in [5.74, 6) is 0.530. The maximum Gasteiger partial charge on any atom is 0.323 e. The van der Waals surface area contributed by atoms with E-state index in [1.165, 1.54) is 12.1 Å². The molecular formula is C29H23ClFN5O. The molecule has 6 nitrogen and oxygen atoms in total. The summed E-state index contributed by atoms with van der Waals surface area (Å²) in [5.41, 5.74) is 4.81. The molecule has 0 radical (unpaired) electrons. The van der Waals surface area contributed by atoms with Crippen molar-refractivity contribution in [1.82, 2.24) is 19.2 Å². The van der Waals surface area contributed by atoms with Crippen LogP contribution in [-0.4, -0.2) is 25.3 Å². The maximum atomic E-state index is 13.9. The van der Waals surface area contributed by atoms with Gasteiger partial charge in [0.05, 0.1) is 40.4 Å². The number of rotatable bonds is 3. The lowest BCUT2D eigenvalue weighted by Gasteiger charge is -2.31. The molecule has 0 fully saturated rings. The molecule has 2 aromatic heterocycles. The van der Waals surface area contributed by atoms with Gasteiger partial charge in [-0.2, -0.15) is 5.10 Å². The van der Waals surface area contributed by atoms with Crippen LogP contribution >= 0.6 is 11.6 Å². The third-order valence-electron chi connectivity index (χ3n) is 6.65. The number of amides is 2. The van der Waals surface area contributed by atoms with E-state index in [-0.39, 0.29) is 18.4 Å². The normalized spacial score (nSPS) is 14.6. The number of nitrogens with zero attached hydrogens (tertiary/aromatic N) is 4. The highest BCUT2D eigenvalue weighted by molar-refractivity contribution is 6.33. The molecule has 0 saturated heterocycles. The molecule has 0 bridgehead atoms. The van der Waals surface area contributed by atoms with Gasteiger partial charge in [-0.15, -0.1) is 0 Å². The van der Waals surface area contributed by atoms with Gasteiger partial charge in [-0.1, -0.05) is 54.1 Å². The van der Waals surface area contributed by atoms with Gasteiger partial charge in [-0.05, 0) is 61.0 Å². The number of hydrogen-bond donors (Lipinski definition) is 1. The van der Waals surface area contributed by atoms with E-state index in [0.29, 0.717) is 10.7 Å². The summed E-state index contributed by atoms with van der Waals surface area (Å²) < 4.78 is 17.9. The van der Waals surface area contributed by atoms with Crippen molar-refractivity contribution in [2.24, 2.45) is 0 Å². The number of halogens is 2. The summed E-state index contributed by atoms with van der Waals surface area (Å²) in [6.07, 6.45) is 1.97. The summed E-state index contributed by atoms with van der Waals surface area (Å²) in [4.78, 5) is 15.6. The van der Waals surface area contributed by atoms with Gasteiger partial charge in [0.2, 0.25) is 0 Å². The second-order valence-electron chi connectivity index (χ2n) is 8.93. The number of benzene rings is 3. The number of aromatic nitrogens is 3. The first kappa shape index (κ1) is 23.1. The van der Waals surface area contributed by atoms with Crippen LogP contribution in [0.15, 0.2) is 97.2 Å². The molecule has 37 heavy (non-hydrogen) atoms. The molecule has 184 valence electrons. The van der Waals surface area contributed by atoms with Crippen LogP contribution in [0.25, 0.3) is 11.5 Å². The number of urea groups is 1. The average Bonchev–Trinajstić information content (AvgIpc) is 3.47. The number of hydrogen-bond acceptors (Lipinski definition) is 2. The summed E-state index contributed by atoms with van der Waals surface area (Å²) >= 11 is 6.36. The van der Waals surface area contributed by atoms with E-state index >= 15 is 0 Å². The minimum Gasteiger partial charge on any atom is -0.307 e. The molecule has 2 amide bonds. The molecule has 8 heteroatoms. The molecule has 3 heterocycles. The molecule has 5 aromatic rings. The fraction of sp³-hybridized carbons (Fsp3) is 0.103. The summed E-state index contributed by atoms with van der Waals surface area (Å²) in [6, 6.07) is 26.4. The number of carbonyl (C=O) groups is 1. The van der Waals surface area contributed by atoms with Gasteiger partial charge in [0.1, 0.15) is 11.6 Å². The number of nitrogens with one attached hydrogen (secondary N) is 1. The Balaban J connectivity index is 1.54. The SMILES string of the molecule is Cc1nn(-c2ccccc2)c2c1CN(C(=O)Nc1ccccc1Cl)[C@H](c1ccc(F)cc1)c1cccn1-2. The number of fused-ring (bicyclic) bond motifs is 3. The van der Waals surface area contributed by atoms with Gasteiger partial charge in [0, 0.05) is 11.8 Å². The lowest BCUT2D eigenvalue weighted by atomic mass is 10.0. The van der Waals surface area contributed by atoms with Gasteiger partial charge in [-0.3, -0.25) is 0 Å². The van der Waals surface area contributed by atoms with Crippen LogP contribution in [0.4, 0.5) is 14.9 Å². The van der Waals surface area contributed by atoms with Crippen LogP contribution in [-0.2, 0) is 6.54 Å². The predicted molar refractivity (Wildman–Crippen MR) is 142 cm³/mol. The summed E-state index contributed by atoms with van der Waals surface area (Å²) in [5, 5.41) is 8.27. The predicted octanol–water partition coefficient (Wildman–Crippen LogP) is 6.90. The number of para-hydroxylation sites is 2. The van der Waals surface area contributed by atoms with Crippen molar-refractivity contribution in [2.45, 2.75) is 19.5 Å². The Bertz CT molecular complexity index is 1590. The minimum absolute atomic E-state index is 0.286. The molecule has 3 aromatic carbocycles. The maximum absolute atomic E-state index is 13.9. The Hall–Kier alpha value is -4.36. The first-order valence-electron chi connectivity index (χ1n) is 11.9. The quantitative estimate of drug-likeness (QED) is 0.286. The Morgan fingerprint density at radius 1 is 0.973 bits per heavy atom. The van der Waals surface area contributed by atoms with E-state index in [2.05, 4.69) is 9.88 Å². The van der Waals surface area contributed by atoms with Crippen molar-refractivity contribution in [3.05, 3.63) is 131 Å². The Kier molecular flexibility index (Phi) is 5.77. The zero-order valence-electron chi connectivity index (χ0n) is 20.0. The van der Waals surface area contributed by atoms with Crippen molar-refractivity contribution in [2.75, 3.05) is 5.32 Å². The van der Waals surface area contributed by atoms with Gasteiger partial charge in [0.15, 0.2) is 0 Å². The highest BCUT2D eigenvalue weighted by Gasteiger charge is 2.36. The molecule has 0 unspecified atom stereocenters. The van der Waals surface area contributed by atoms with Crippen LogP contribution in [0.5, 0.6) is 0 Å². The lowest BCUT2D eigenvalue weighted by Crippen LogP contribution is -2.38. The van der Waals surface area contributed by atoms with Gasteiger partial charge in [0.25, 0.3) is 0 Å². The van der Waals surface area contributed by atoms with Crippen LogP contribution in [0, 0.1) is 12.7 Å². The largest absolute Gasteiger partial charge is 0.323 e. The van der Waals surface area contributed by atoms with Gasteiger partial charge < -0.3 is 14.8 Å². The van der Waals surface area contributed by atoms with Crippen LogP contribution < -0.4 is 5.32 Å². The summed E-state index contributed by atoms with van der Waals surface area (Å²) in [7, 11) is 0. The molecule has 1 N–H and O–H groups in total. The fourth-order valence-corrected chi connectivity index (χ4v) is 5.08. The third kappa shape index (κ3) is 4.07. The van der Waals surface area contributed by atoms with E-state index < -0.39 is 6.04 Å². The molecule has 0 saturated carbocycles. The van der Waals surface area contributed by atoms with Crippen molar-refractivity contribution in [3.63, 3.8) is 0 Å². The average molecular weight is 512 g/mol. The van der Waals surface area contributed by atoms with Crippen molar-refractivity contribution < 1.29 is 9.18 Å². The van der Waals surface area contributed by atoms with Gasteiger partial charge >= 0.3 is 6.03 Å². The number of anilines is 1. The fourth-order valence-electron chi connectivity index (χ4n) is 4.89. The van der Waals surface area contributed by atoms with Crippen LogP contribution in [0.3, 0.4) is 0 Å². The zero-order valence-corrected chi connectivity index (χ0v) is 20.7. The van der Waals surface area contributed by atoms with Gasteiger partial charge in [-0.25, -0.2) is 13.9 Å². The highest BCUT2D eigenvalue weighted by Crippen LogP contribution is 2.39. The van der Waals surface area contributed by atoms with Crippen molar-refractivity contribution >= 4 is 23.3 Å². The van der Waals surface area contributed by atoms with Crippen LogP contribution in [0.1, 0.15) is 28.6 Å². The molecule has 1 aliphatic rings. The van der Waals surface area contributed by atoms with E-state index in [1.54, 1.807) is 29.2 Å². The monoisotopic (exact) mass is 511 g/mol. The lowest BCUT2D eigenvalue weighted by molar-refractivity contribution is 0.194. The molecule has 1 atom stereocenters. The Morgan fingerprint density at radius 3 is 2.46 bits per heavy atom. The third-order valence-corrected chi connectivity index (χ3v) is 6.98. The van der Waals surface area contributed by atoms with E-state index in [9.17, 15) is 9.18 Å². The van der Waals surface area contributed by atoms with Crippen LogP contribution in [0.2, 0.25) is 5.02 Å². The van der Waals surface area contributed by atoms with Crippen molar-refractivity contribution in [1.29, 1.82) is 0 Å². The van der Waals surface area contributed by atoms with E-state index in [0.717, 1.165) is 34.0 Å². The second-order valence-corrected chi connectivity index (χ2v) is 9.34. The Morgan fingerprint density at radius 2 is 1.70 bits per heavy atom. The first-order valence-corrected chi connectivity index (χ1v) is 12.3. The molecular weight excluding hydrogens is 489 g/mol. The molecule has 0 aliphatic carbocycles. The minimum atomic E-state index is -0.492. The second kappa shape index (κ2) is 9.26. The van der Waals surface area contributed by atoms with E-state index in [4.69, 9.17) is 16.7 Å². The van der Waals surface area contributed by atoms with E-state index in [1.807, 2.05) is 72.4 Å². The topological polar surface area (TPSA) is 55.1 Å². The number of carbonyl (C=O) groups excluding carboxylic acids is 1. The van der Waals surface area contributed by atoms with Crippen molar-refractivity contribution in [3.8, 4) is 11.5 Å². The smallest absolute Gasteiger partial charge is 0.307 e. The molecule has 0 spiro atoms. The molecule has 1 aliphatic heterocycles. The summed E-state index contributed by atoms with van der Waals surface area (Å²) in [6.45, 7) is 2.23.